The fourth-order valence-corrected chi connectivity index (χ4v) is 2.73. The predicted octanol–water partition coefficient (Wildman–Crippen LogP) is 2.04. The third-order valence-electron chi connectivity index (χ3n) is 3.52. The maximum Gasteiger partial charge on any atom is 0.140 e. The summed E-state index contributed by atoms with van der Waals surface area (Å²) in [6.45, 7) is 5.42. The highest BCUT2D eigenvalue weighted by Gasteiger charge is 2.21. The molecular formula is C13H17N3. The van der Waals surface area contributed by atoms with Crippen molar-refractivity contribution in [1.82, 2.24) is 14.5 Å². The highest BCUT2D eigenvalue weighted by molar-refractivity contribution is 5.82. The van der Waals surface area contributed by atoms with Crippen molar-refractivity contribution in [1.29, 1.82) is 0 Å². The lowest BCUT2D eigenvalue weighted by molar-refractivity contribution is 0.303. The van der Waals surface area contributed by atoms with Crippen LogP contribution in [-0.4, -0.2) is 28.0 Å². The molecule has 2 aromatic heterocycles. The van der Waals surface area contributed by atoms with Gasteiger partial charge in [0, 0.05) is 36.9 Å². The van der Waals surface area contributed by atoms with Gasteiger partial charge in [0.2, 0.25) is 0 Å². The summed E-state index contributed by atoms with van der Waals surface area (Å²) in [4.78, 5) is 6.91. The maximum absolute atomic E-state index is 4.53. The van der Waals surface area contributed by atoms with Crippen LogP contribution in [-0.2, 0) is 19.5 Å². The zero-order valence-corrected chi connectivity index (χ0v) is 9.90. The molecule has 0 aromatic carbocycles. The van der Waals surface area contributed by atoms with E-state index in [2.05, 4.69) is 34.5 Å². The number of aromatic nitrogens is 2. The topological polar surface area (TPSA) is 21.1 Å². The first-order valence-electron chi connectivity index (χ1n) is 5.94. The molecule has 3 heteroatoms. The minimum atomic E-state index is 1.01. The third kappa shape index (κ3) is 1.28. The molecule has 1 aliphatic rings. The van der Waals surface area contributed by atoms with Crippen LogP contribution in [0, 0.1) is 0 Å². The van der Waals surface area contributed by atoms with E-state index in [0.29, 0.717) is 0 Å². The van der Waals surface area contributed by atoms with Crippen LogP contribution in [0.4, 0.5) is 0 Å². The van der Waals surface area contributed by atoms with Crippen molar-refractivity contribution in [3.05, 3.63) is 29.6 Å². The molecule has 0 saturated heterocycles. The quantitative estimate of drug-likeness (QED) is 0.726. The average Bonchev–Trinajstić information content (AvgIpc) is 2.61. The molecule has 3 rings (SSSR count). The highest BCUT2D eigenvalue weighted by Crippen LogP contribution is 2.28. The van der Waals surface area contributed by atoms with E-state index in [4.69, 9.17) is 0 Å². The SMILES string of the molecule is CCn1c2c(c3cccnc31)CCN(C)C2. The van der Waals surface area contributed by atoms with Gasteiger partial charge in [-0.2, -0.15) is 0 Å². The molecule has 0 radical (unpaired) electrons. The summed E-state index contributed by atoms with van der Waals surface area (Å²) in [6.07, 6.45) is 3.05. The smallest absolute Gasteiger partial charge is 0.140 e. The molecule has 0 spiro atoms. The van der Waals surface area contributed by atoms with Crippen LogP contribution in [0.5, 0.6) is 0 Å². The van der Waals surface area contributed by atoms with Gasteiger partial charge >= 0.3 is 0 Å². The number of fused-ring (bicyclic) bond motifs is 3. The molecule has 84 valence electrons. The number of hydrogen-bond donors (Lipinski definition) is 0. The minimum absolute atomic E-state index is 1.01. The normalized spacial score (nSPS) is 16.6. The molecule has 0 saturated carbocycles. The standard InChI is InChI=1S/C13H17N3/c1-3-16-12-9-15(2)8-6-10(12)11-5-4-7-14-13(11)16/h4-5,7H,3,6,8-9H2,1-2H3. The monoisotopic (exact) mass is 215 g/mol. The van der Waals surface area contributed by atoms with E-state index in [1.165, 1.54) is 16.6 Å². The Morgan fingerprint density at radius 1 is 1.44 bits per heavy atom. The summed E-state index contributed by atoms with van der Waals surface area (Å²) in [6, 6.07) is 4.25. The van der Waals surface area contributed by atoms with Crippen LogP contribution in [0.15, 0.2) is 18.3 Å². The lowest BCUT2D eigenvalue weighted by atomic mass is 10.0. The van der Waals surface area contributed by atoms with Crippen molar-refractivity contribution in [2.24, 2.45) is 0 Å². The second-order valence-electron chi connectivity index (χ2n) is 4.53. The number of likely N-dealkylation sites (N-methyl/N-ethyl adjacent to an activating group) is 1. The predicted molar refractivity (Wildman–Crippen MR) is 65.4 cm³/mol. The molecule has 2 aromatic rings. The molecule has 0 aliphatic carbocycles. The summed E-state index contributed by atoms with van der Waals surface area (Å²) < 4.78 is 2.36. The van der Waals surface area contributed by atoms with Gasteiger partial charge in [0.05, 0.1) is 0 Å². The third-order valence-corrected chi connectivity index (χ3v) is 3.52. The largest absolute Gasteiger partial charge is 0.328 e. The van der Waals surface area contributed by atoms with Crippen molar-refractivity contribution >= 4 is 11.0 Å². The molecule has 0 atom stereocenters. The van der Waals surface area contributed by atoms with Gasteiger partial charge < -0.3 is 9.47 Å². The van der Waals surface area contributed by atoms with E-state index < -0.39 is 0 Å². The van der Waals surface area contributed by atoms with Crippen LogP contribution >= 0.6 is 0 Å². The van der Waals surface area contributed by atoms with Gasteiger partial charge in [0.1, 0.15) is 5.65 Å². The molecule has 3 nitrogen and oxygen atoms in total. The number of nitrogens with zero attached hydrogens (tertiary/aromatic N) is 3. The van der Waals surface area contributed by atoms with Gasteiger partial charge in [-0.25, -0.2) is 4.98 Å². The van der Waals surface area contributed by atoms with Gasteiger partial charge in [-0.15, -0.1) is 0 Å². The summed E-state index contributed by atoms with van der Waals surface area (Å²) >= 11 is 0. The second kappa shape index (κ2) is 3.59. The Morgan fingerprint density at radius 2 is 2.31 bits per heavy atom. The maximum atomic E-state index is 4.53. The summed E-state index contributed by atoms with van der Waals surface area (Å²) in [5.41, 5.74) is 4.14. The van der Waals surface area contributed by atoms with Gasteiger partial charge in [-0.05, 0) is 38.1 Å². The number of pyridine rings is 1. The Hall–Kier alpha value is -1.35. The number of aryl methyl sites for hydroxylation is 1. The van der Waals surface area contributed by atoms with Gasteiger partial charge in [-0.1, -0.05) is 0 Å². The average molecular weight is 215 g/mol. The first kappa shape index (κ1) is 9.85. The lowest BCUT2D eigenvalue weighted by Crippen LogP contribution is -2.27. The molecule has 0 N–H and O–H groups in total. The van der Waals surface area contributed by atoms with Gasteiger partial charge in [-0.3, -0.25) is 0 Å². The first-order chi connectivity index (χ1) is 7.81. The lowest BCUT2D eigenvalue weighted by Gasteiger charge is -2.24. The fourth-order valence-electron chi connectivity index (χ4n) is 2.73. The van der Waals surface area contributed by atoms with E-state index in [1.807, 2.05) is 12.3 Å². The van der Waals surface area contributed by atoms with Crippen LogP contribution in [0.2, 0.25) is 0 Å². The molecule has 0 bridgehead atoms. The zero-order valence-electron chi connectivity index (χ0n) is 9.90. The van der Waals surface area contributed by atoms with Gasteiger partial charge in [0.15, 0.2) is 0 Å². The van der Waals surface area contributed by atoms with Crippen molar-refractivity contribution in [2.75, 3.05) is 13.6 Å². The molecular weight excluding hydrogens is 198 g/mol. The Balaban J connectivity index is 2.31. The molecule has 1 aliphatic heterocycles. The van der Waals surface area contributed by atoms with Crippen molar-refractivity contribution in [3.8, 4) is 0 Å². The molecule has 16 heavy (non-hydrogen) atoms. The van der Waals surface area contributed by atoms with E-state index in [0.717, 1.165) is 31.7 Å². The van der Waals surface area contributed by atoms with E-state index >= 15 is 0 Å². The second-order valence-corrected chi connectivity index (χ2v) is 4.53. The Bertz CT molecular complexity index is 494. The van der Waals surface area contributed by atoms with Gasteiger partial charge in [0.25, 0.3) is 0 Å². The summed E-state index contributed by atoms with van der Waals surface area (Å²) in [7, 11) is 2.19. The minimum Gasteiger partial charge on any atom is -0.328 e. The Morgan fingerprint density at radius 3 is 3.12 bits per heavy atom. The molecule has 3 heterocycles. The number of hydrogen-bond acceptors (Lipinski definition) is 2. The van der Waals surface area contributed by atoms with Crippen molar-refractivity contribution < 1.29 is 0 Å². The van der Waals surface area contributed by atoms with Crippen molar-refractivity contribution in [2.45, 2.75) is 26.4 Å². The summed E-state index contributed by atoms with van der Waals surface area (Å²) in [5, 5.41) is 1.35. The number of rotatable bonds is 1. The van der Waals surface area contributed by atoms with Crippen LogP contribution in [0.1, 0.15) is 18.2 Å². The first-order valence-corrected chi connectivity index (χ1v) is 5.94. The Labute approximate surface area is 95.7 Å². The highest BCUT2D eigenvalue weighted by atomic mass is 15.1. The van der Waals surface area contributed by atoms with E-state index in [1.54, 1.807) is 0 Å². The Kier molecular flexibility index (Phi) is 2.21. The fraction of sp³-hybridized carbons (Fsp3) is 0.462. The zero-order chi connectivity index (χ0) is 11.1. The van der Waals surface area contributed by atoms with Crippen LogP contribution in [0.3, 0.4) is 0 Å². The van der Waals surface area contributed by atoms with E-state index in [9.17, 15) is 0 Å². The molecule has 0 unspecified atom stereocenters. The summed E-state index contributed by atoms with van der Waals surface area (Å²) in [5.74, 6) is 0. The van der Waals surface area contributed by atoms with Crippen molar-refractivity contribution in [3.63, 3.8) is 0 Å². The van der Waals surface area contributed by atoms with Crippen LogP contribution in [0.25, 0.3) is 11.0 Å². The molecule has 0 amide bonds. The molecule has 0 fully saturated rings. The van der Waals surface area contributed by atoms with E-state index in [-0.39, 0.29) is 0 Å². The van der Waals surface area contributed by atoms with Crippen LogP contribution < -0.4 is 0 Å².